The van der Waals surface area contributed by atoms with E-state index in [1.807, 2.05) is 0 Å². The molecule has 0 radical (unpaired) electrons. The molecule has 0 saturated carbocycles. The third kappa shape index (κ3) is 4.59. The van der Waals surface area contributed by atoms with E-state index in [0.717, 1.165) is 12.1 Å². The van der Waals surface area contributed by atoms with E-state index >= 15 is 0 Å². The normalized spacial score (nSPS) is 16.2. The Morgan fingerprint density at radius 1 is 0.667 bits per heavy atom. The molecule has 1 aromatic carbocycles. The van der Waals surface area contributed by atoms with Gasteiger partial charge in [-0.05, 0) is 34.2 Å². The Morgan fingerprint density at radius 3 is 1.45 bits per heavy atom. The van der Waals surface area contributed by atoms with Crippen LogP contribution in [0.25, 0.3) is 0 Å². The molecule has 0 N–H and O–H groups in total. The SMILES string of the molecule is COC(CC(F)(F)C(F)(F)C(F)(F)C(F)(F)C(F)(F)C(F)(F)C(F)(F)F)c1ccccc1I. The van der Waals surface area contributed by atoms with E-state index < -0.39 is 54.2 Å². The topological polar surface area (TPSA) is 9.23 Å². The lowest BCUT2D eigenvalue weighted by Crippen LogP contribution is -2.72. The van der Waals surface area contributed by atoms with Crippen LogP contribution in [0.4, 0.5) is 65.9 Å². The smallest absolute Gasteiger partial charge is 0.376 e. The van der Waals surface area contributed by atoms with Crippen LogP contribution in [0.2, 0.25) is 0 Å². The average molecular weight is 630 g/mol. The summed E-state index contributed by atoms with van der Waals surface area (Å²) >= 11 is 1.46. The van der Waals surface area contributed by atoms with Gasteiger partial charge in [0.2, 0.25) is 0 Å². The summed E-state index contributed by atoms with van der Waals surface area (Å²) in [7, 11) is 0.604. The summed E-state index contributed by atoms with van der Waals surface area (Å²) in [6.45, 7) is 0. The van der Waals surface area contributed by atoms with Crippen molar-refractivity contribution in [3.8, 4) is 0 Å². The molecule has 0 amide bonds. The molecule has 1 nitrogen and oxygen atoms in total. The Bertz CT molecular complexity index is 833. The maximum absolute atomic E-state index is 14.1. The zero-order valence-electron chi connectivity index (χ0n) is 15.5. The molecule has 1 unspecified atom stereocenters. The minimum atomic E-state index is -8.30. The molecule has 0 bridgehead atoms. The molecule has 192 valence electrons. The summed E-state index contributed by atoms with van der Waals surface area (Å²) in [5.41, 5.74) is -0.361. The maximum atomic E-state index is 14.1. The fourth-order valence-electron chi connectivity index (χ4n) is 2.42. The minimum Gasteiger partial charge on any atom is -0.376 e. The molecule has 0 aromatic heterocycles. The van der Waals surface area contributed by atoms with Crippen LogP contribution in [0.1, 0.15) is 18.1 Å². The summed E-state index contributed by atoms with van der Waals surface area (Å²) in [6, 6.07) is 4.61. The summed E-state index contributed by atoms with van der Waals surface area (Å²) in [4.78, 5) is 0. The number of hydrogen-bond donors (Lipinski definition) is 0. The van der Waals surface area contributed by atoms with Crippen molar-refractivity contribution in [2.75, 3.05) is 7.11 Å². The zero-order valence-corrected chi connectivity index (χ0v) is 17.7. The first-order valence-electron chi connectivity index (χ1n) is 8.05. The number of alkyl halides is 15. The van der Waals surface area contributed by atoms with Crippen LogP contribution in [-0.4, -0.2) is 48.8 Å². The van der Waals surface area contributed by atoms with Crippen LogP contribution < -0.4 is 0 Å². The van der Waals surface area contributed by atoms with Gasteiger partial charge in [0.1, 0.15) is 0 Å². The molecular weight excluding hydrogens is 620 g/mol. The van der Waals surface area contributed by atoms with Crippen molar-refractivity contribution in [2.45, 2.75) is 54.2 Å². The fourth-order valence-corrected chi connectivity index (χ4v) is 3.15. The zero-order chi connectivity index (χ0) is 26.5. The molecule has 0 aliphatic rings. The Labute approximate surface area is 188 Å². The number of ether oxygens (including phenoxy) is 1. The third-order valence-electron chi connectivity index (χ3n) is 4.37. The van der Waals surface area contributed by atoms with E-state index in [1.54, 1.807) is 0 Å². The molecule has 0 fully saturated rings. The van der Waals surface area contributed by atoms with Crippen molar-refractivity contribution in [3.05, 3.63) is 33.4 Å². The molecule has 33 heavy (non-hydrogen) atoms. The van der Waals surface area contributed by atoms with Crippen LogP contribution >= 0.6 is 22.6 Å². The lowest BCUT2D eigenvalue weighted by molar-refractivity contribution is -0.453. The first-order valence-corrected chi connectivity index (χ1v) is 9.12. The number of methoxy groups -OCH3 is 1. The van der Waals surface area contributed by atoms with Crippen molar-refractivity contribution in [3.63, 3.8) is 0 Å². The predicted octanol–water partition coefficient (Wildman–Crippen LogP) is 7.74. The largest absolute Gasteiger partial charge is 0.460 e. The molecule has 0 aliphatic carbocycles. The highest BCUT2D eigenvalue weighted by molar-refractivity contribution is 14.1. The summed E-state index contributed by atoms with van der Waals surface area (Å²) in [5, 5.41) is 0. The summed E-state index contributed by atoms with van der Waals surface area (Å²) < 4.78 is 203. The van der Waals surface area contributed by atoms with Gasteiger partial charge in [-0.25, -0.2) is 0 Å². The standard InChI is InChI=1S/C16H10F15IO/c1-33-9(7-4-2-3-5-8(7)32)6-10(17,18)11(19,20)12(21,22)13(23,24)14(25,26)15(27,28)16(29,30)31/h2-5,9H,6H2,1H3. The van der Waals surface area contributed by atoms with Crippen LogP contribution in [0, 0.1) is 3.57 Å². The van der Waals surface area contributed by atoms with Gasteiger partial charge in [-0.1, -0.05) is 18.2 Å². The third-order valence-corrected chi connectivity index (χ3v) is 5.35. The second-order valence-electron chi connectivity index (χ2n) is 6.52. The predicted molar refractivity (Wildman–Crippen MR) is 89.3 cm³/mol. The highest BCUT2D eigenvalue weighted by atomic mass is 127. The second-order valence-corrected chi connectivity index (χ2v) is 7.69. The Kier molecular flexibility index (Phi) is 7.99. The van der Waals surface area contributed by atoms with Crippen LogP contribution in [0.3, 0.4) is 0 Å². The highest BCUT2D eigenvalue weighted by Crippen LogP contribution is 2.63. The Morgan fingerprint density at radius 2 is 1.06 bits per heavy atom. The van der Waals surface area contributed by atoms with E-state index in [1.165, 1.54) is 34.7 Å². The van der Waals surface area contributed by atoms with E-state index in [-0.39, 0.29) is 9.13 Å². The molecule has 0 spiro atoms. The molecular formula is C16H10F15IO. The minimum absolute atomic E-state index is 0.0227. The number of rotatable bonds is 9. The van der Waals surface area contributed by atoms with Gasteiger partial charge in [0.15, 0.2) is 0 Å². The molecule has 0 aliphatic heterocycles. The number of benzene rings is 1. The Balaban J connectivity index is 3.52. The van der Waals surface area contributed by atoms with Gasteiger partial charge < -0.3 is 4.74 Å². The quantitative estimate of drug-likeness (QED) is 0.201. The van der Waals surface area contributed by atoms with Crippen molar-refractivity contribution in [1.82, 2.24) is 0 Å². The van der Waals surface area contributed by atoms with E-state index in [2.05, 4.69) is 4.74 Å². The van der Waals surface area contributed by atoms with Gasteiger partial charge >= 0.3 is 41.7 Å². The average Bonchev–Trinajstić information content (AvgIpc) is 2.65. The second kappa shape index (κ2) is 8.82. The fraction of sp³-hybridized carbons (Fsp3) is 0.625. The van der Waals surface area contributed by atoms with Crippen molar-refractivity contribution in [1.29, 1.82) is 0 Å². The van der Waals surface area contributed by atoms with Crippen molar-refractivity contribution < 1.29 is 70.6 Å². The van der Waals surface area contributed by atoms with Crippen LogP contribution in [0.15, 0.2) is 24.3 Å². The summed E-state index contributed by atoms with van der Waals surface area (Å²) in [6.07, 6.45) is -12.4. The van der Waals surface area contributed by atoms with Gasteiger partial charge in [-0.3, -0.25) is 0 Å². The first kappa shape index (κ1) is 29.9. The number of hydrogen-bond acceptors (Lipinski definition) is 1. The van der Waals surface area contributed by atoms with Crippen molar-refractivity contribution >= 4 is 22.6 Å². The van der Waals surface area contributed by atoms with Gasteiger partial charge in [0, 0.05) is 17.1 Å². The Hall–Kier alpha value is -1.14. The molecule has 17 heteroatoms. The van der Waals surface area contributed by atoms with E-state index in [0.29, 0.717) is 7.11 Å². The highest BCUT2D eigenvalue weighted by Gasteiger charge is 2.93. The van der Waals surface area contributed by atoms with Crippen LogP contribution in [-0.2, 0) is 4.74 Å². The molecule has 0 saturated heterocycles. The summed E-state index contributed by atoms with van der Waals surface area (Å²) in [5.74, 6) is -46.6. The lowest BCUT2D eigenvalue weighted by Gasteiger charge is -2.42. The van der Waals surface area contributed by atoms with Gasteiger partial charge in [-0.2, -0.15) is 65.9 Å². The van der Waals surface area contributed by atoms with Gasteiger partial charge in [-0.15, -0.1) is 0 Å². The van der Waals surface area contributed by atoms with Crippen molar-refractivity contribution in [2.24, 2.45) is 0 Å². The number of halogens is 16. The van der Waals surface area contributed by atoms with E-state index in [9.17, 15) is 65.9 Å². The lowest BCUT2D eigenvalue weighted by atomic mass is 9.88. The monoisotopic (exact) mass is 630 g/mol. The van der Waals surface area contributed by atoms with Gasteiger partial charge in [0.05, 0.1) is 6.10 Å². The first-order chi connectivity index (χ1) is 14.4. The maximum Gasteiger partial charge on any atom is 0.460 e. The van der Waals surface area contributed by atoms with E-state index in [4.69, 9.17) is 0 Å². The van der Waals surface area contributed by atoms with Crippen LogP contribution in [0.5, 0.6) is 0 Å². The molecule has 1 rings (SSSR count). The van der Waals surface area contributed by atoms with Gasteiger partial charge in [0.25, 0.3) is 0 Å². The molecule has 1 aromatic rings. The molecule has 1 atom stereocenters. The molecule has 0 heterocycles.